The molecule has 0 saturated carbocycles. The van der Waals surface area contributed by atoms with Gasteiger partial charge in [0.25, 0.3) is 0 Å². The maximum absolute atomic E-state index is 12.6. The van der Waals surface area contributed by atoms with Crippen LogP contribution < -0.4 is 10.1 Å². The van der Waals surface area contributed by atoms with E-state index in [4.69, 9.17) is 0 Å². The van der Waals surface area contributed by atoms with Gasteiger partial charge in [-0.15, -0.1) is 0 Å². The Morgan fingerprint density at radius 2 is 2.05 bits per heavy atom. The van der Waals surface area contributed by atoms with E-state index >= 15 is 0 Å². The summed E-state index contributed by atoms with van der Waals surface area (Å²) in [5, 5.41) is 2.57. The molecule has 0 radical (unpaired) electrons. The molecular weight excluding hydrogens is 292 g/mol. The lowest BCUT2D eigenvalue weighted by atomic mass is 10.1. The van der Waals surface area contributed by atoms with E-state index in [0.29, 0.717) is 12.1 Å². The lowest BCUT2D eigenvalue weighted by Gasteiger charge is -2.15. The standard InChI is InChI=1S/C13H16F4N2O2/c1-8(2)5-10(20)19-9-3-4-11(18-6-9)21-7-13(16,17)12(14)15/h3-4,6,8,12H,5,7H2,1-2H3,(H,19,20). The molecule has 1 aromatic heterocycles. The van der Waals surface area contributed by atoms with Gasteiger partial charge in [-0.25, -0.2) is 13.8 Å². The molecule has 118 valence electrons. The van der Waals surface area contributed by atoms with Crippen molar-refractivity contribution in [2.45, 2.75) is 32.6 Å². The molecule has 8 heteroatoms. The van der Waals surface area contributed by atoms with Crippen LogP contribution in [0.3, 0.4) is 0 Å². The van der Waals surface area contributed by atoms with Gasteiger partial charge in [-0.05, 0) is 12.0 Å². The van der Waals surface area contributed by atoms with Crippen LogP contribution in [-0.2, 0) is 4.79 Å². The number of nitrogens with one attached hydrogen (secondary N) is 1. The third kappa shape index (κ3) is 5.97. The Bertz CT molecular complexity index is 464. The first kappa shape index (κ1) is 17.2. The zero-order chi connectivity index (χ0) is 16.0. The second kappa shape index (κ2) is 7.24. The minimum Gasteiger partial charge on any atom is -0.471 e. The Kier molecular flexibility index (Phi) is 5.92. The van der Waals surface area contributed by atoms with E-state index in [1.807, 2.05) is 13.8 Å². The fourth-order valence-electron chi connectivity index (χ4n) is 1.36. The van der Waals surface area contributed by atoms with Gasteiger partial charge < -0.3 is 10.1 Å². The molecule has 0 bridgehead atoms. The number of rotatable bonds is 7. The van der Waals surface area contributed by atoms with Gasteiger partial charge in [0.2, 0.25) is 11.8 Å². The van der Waals surface area contributed by atoms with E-state index < -0.39 is 19.0 Å². The summed E-state index contributed by atoms with van der Waals surface area (Å²) in [4.78, 5) is 15.1. The molecule has 21 heavy (non-hydrogen) atoms. The van der Waals surface area contributed by atoms with Crippen LogP contribution in [0.15, 0.2) is 18.3 Å². The normalized spacial score (nSPS) is 11.8. The number of nitrogens with zero attached hydrogens (tertiary/aromatic N) is 1. The average Bonchev–Trinajstić information content (AvgIpc) is 2.36. The second-order valence-electron chi connectivity index (χ2n) is 4.88. The molecule has 0 fully saturated rings. The summed E-state index contributed by atoms with van der Waals surface area (Å²) in [5.41, 5.74) is 0.369. The summed E-state index contributed by atoms with van der Waals surface area (Å²) in [6.45, 7) is 2.31. The lowest BCUT2D eigenvalue weighted by Crippen LogP contribution is -2.33. The highest BCUT2D eigenvalue weighted by molar-refractivity contribution is 5.90. The molecule has 0 aromatic carbocycles. The zero-order valence-corrected chi connectivity index (χ0v) is 11.6. The summed E-state index contributed by atoms with van der Waals surface area (Å²) in [5.74, 6) is -4.47. The second-order valence-corrected chi connectivity index (χ2v) is 4.88. The van der Waals surface area contributed by atoms with E-state index in [1.54, 1.807) is 0 Å². The number of anilines is 1. The van der Waals surface area contributed by atoms with Gasteiger partial charge >= 0.3 is 12.3 Å². The summed E-state index contributed by atoms with van der Waals surface area (Å²) < 4.78 is 53.7. The van der Waals surface area contributed by atoms with Crippen molar-refractivity contribution in [1.82, 2.24) is 4.98 Å². The van der Waals surface area contributed by atoms with Crippen LogP contribution in [0, 0.1) is 5.92 Å². The molecule has 1 rings (SSSR count). The van der Waals surface area contributed by atoms with Gasteiger partial charge in [0, 0.05) is 12.5 Å². The van der Waals surface area contributed by atoms with Gasteiger partial charge in [-0.3, -0.25) is 4.79 Å². The van der Waals surface area contributed by atoms with Crippen molar-refractivity contribution in [3.05, 3.63) is 18.3 Å². The van der Waals surface area contributed by atoms with Crippen molar-refractivity contribution in [2.75, 3.05) is 11.9 Å². The number of aromatic nitrogens is 1. The number of carbonyl (C=O) groups excluding carboxylic acids is 1. The quantitative estimate of drug-likeness (QED) is 0.786. The molecule has 4 nitrogen and oxygen atoms in total. The van der Waals surface area contributed by atoms with Gasteiger partial charge in [0.1, 0.15) is 0 Å². The first-order chi connectivity index (χ1) is 9.70. The third-order valence-corrected chi connectivity index (χ3v) is 2.35. The number of ether oxygens (including phenoxy) is 1. The van der Waals surface area contributed by atoms with Gasteiger partial charge in [0.15, 0.2) is 6.61 Å². The molecule has 0 aliphatic heterocycles. The summed E-state index contributed by atoms with van der Waals surface area (Å²) >= 11 is 0. The SMILES string of the molecule is CC(C)CC(=O)Nc1ccc(OCC(F)(F)C(F)F)nc1. The van der Waals surface area contributed by atoms with Gasteiger partial charge in [-0.1, -0.05) is 13.8 Å². The van der Waals surface area contributed by atoms with Crippen molar-refractivity contribution in [1.29, 1.82) is 0 Å². The van der Waals surface area contributed by atoms with Crippen LogP contribution in [0.5, 0.6) is 5.88 Å². The monoisotopic (exact) mass is 308 g/mol. The van der Waals surface area contributed by atoms with Crippen LogP contribution in [0.2, 0.25) is 0 Å². The fraction of sp³-hybridized carbons (Fsp3) is 0.538. The topological polar surface area (TPSA) is 51.2 Å². The van der Waals surface area contributed by atoms with E-state index in [2.05, 4.69) is 15.0 Å². The van der Waals surface area contributed by atoms with Crippen LogP contribution in [0.1, 0.15) is 20.3 Å². The lowest BCUT2D eigenvalue weighted by molar-refractivity contribution is -0.148. The number of hydrogen-bond donors (Lipinski definition) is 1. The fourth-order valence-corrected chi connectivity index (χ4v) is 1.36. The molecule has 0 aliphatic carbocycles. The smallest absolute Gasteiger partial charge is 0.340 e. The molecule has 1 aromatic rings. The number of amides is 1. The molecule has 0 saturated heterocycles. The molecule has 1 N–H and O–H groups in total. The van der Waals surface area contributed by atoms with Crippen LogP contribution in [-0.4, -0.2) is 29.8 Å². The van der Waals surface area contributed by atoms with E-state index in [9.17, 15) is 22.4 Å². The van der Waals surface area contributed by atoms with Gasteiger partial charge in [0.05, 0.1) is 11.9 Å². The zero-order valence-electron chi connectivity index (χ0n) is 11.6. The van der Waals surface area contributed by atoms with E-state index in [0.717, 1.165) is 0 Å². The molecule has 1 heterocycles. The molecule has 0 aliphatic rings. The number of carbonyl (C=O) groups is 1. The summed E-state index contributed by atoms with van der Waals surface area (Å²) in [7, 11) is 0. The minimum atomic E-state index is -4.23. The number of halogens is 4. The van der Waals surface area contributed by atoms with Crippen molar-refractivity contribution < 1.29 is 27.1 Å². The Morgan fingerprint density at radius 1 is 1.38 bits per heavy atom. The Hall–Kier alpha value is -1.86. The maximum Gasteiger partial charge on any atom is 0.340 e. The van der Waals surface area contributed by atoms with Gasteiger partial charge in [-0.2, -0.15) is 8.78 Å². The predicted octanol–water partition coefficient (Wildman–Crippen LogP) is 3.35. The van der Waals surface area contributed by atoms with E-state index in [-0.39, 0.29) is 17.7 Å². The first-order valence-corrected chi connectivity index (χ1v) is 6.25. The highest BCUT2D eigenvalue weighted by Gasteiger charge is 2.41. The number of hydrogen-bond acceptors (Lipinski definition) is 3. The predicted molar refractivity (Wildman–Crippen MR) is 68.8 cm³/mol. The van der Waals surface area contributed by atoms with Crippen LogP contribution >= 0.6 is 0 Å². The first-order valence-electron chi connectivity index (χ1n) is 6.25. The van der Waals surface area contributed by atoms with Crippen LogP contribution in [0.25, 0.3) is 0 Å². The Morgan fingerprint density at radius 3 is 2.52 bits per heavy atom. The summed E-state index contributed by atoms with van der Waals surface area (Å²) in [6.07, 6.45) is -2.26. The highest BCUT2D eigenvalue weighted by atomic mass is 19.3. The minimum absolute atomic E-state index is 0.192. The van der Waals surface area contributed by atoms with Crippen molar-refractivity contribution >= 4 is 11.6 Å². The number of alkyl halides is 4. The molecular formula is C13H16F4N2O2. The largest absolute Gasteiger partial charge is 0.471 e. The van der Waals surface area contributed by atoms with Crippen molar-refractivity contribution in [3.63, 3.8) is 0 Å². The average molecular weight is 308 g/mol. The summed E-state index contributed by atoms with van der Waals surface area (Å²) in [6, 6.07) is 2.60. The van der Waals surface area contributed by atoms with Crippen molar-refractivity contribution in [2.24, 2.45) is 5.92 Å². The molecule has 0 atom stereocenters. The Labute approximate surface area is 119 Å². The number of pyridine rings is 1. The molecule has 0 unspecified atom stereocenters. The van der Waals surface area contributed by atoms with Crippen molar-refractivity contribution in [3.8, 4) is 5.88 Å². The van der Waals surface area contributed by atoms with Crippen LogP contribution in [0.4, 0.5) is 23.2 Å². The maximum atomic E-state index is 12.6. The molecule has 0 spiro atoms. The van der Waals surface area contributed by atoms with E-state index in [1.165, 1.54) is 18.3 Å². The third-order valence-electron chi connectivity index (χ3n) is 2.35. The Balaban J connectivity index is 2.53. The highest BCUT2D eigenvalue weighted by Crippen LogP contribution is 2.24. The molecule has 1 amide bonds.